The van der Waals surface area contributed by atoms with Crippen LogP contribution in [0.3, 0.4) is 0 Å². The van der Waals surface area contributed by atoms with Crippen LogP contribution in [0.2, 0.25) is 0 Å². The van der Waals surface area contributed by atoms with E-state index in [2.05, 4.69) is 10.3 Å². The number of nitrogens with one attached hydrogen (secondary N) is 2. The van der Waals surface area contributed by atoms with Crippen LogP contribution in [-0.4, -0.2) is 43.6 Å². The largest absolute Gasteiger partial charge is 0.405 e. The van der Waals surface area contributed by atoms with Crippen LogP contribution in [0.5, 0.6) is 0 Å². The fourth-order valence-electron chi connectivity index (χ4n) is 2.21. The van der Waals surface area contributed by atoms with Gasteiger partial charge in [0, 0.05) is 25.3 Å². The minimum absolute atomic E-state index is 0.0688. The Morgan fingerprint density at radius 2 is 1.79 bits per heavy atom. The zero-order chi connectivity index (χ0) is 20.5. The number of aromatic nitrogens is 1. The van der Waals surface area contributed by atoms with Crippen LogP contribution in [0.1, 0.15) is 20.0 Å². The van der Waals surface area contributed by atoms with Crippen molar-refractivity contribution >= 4 is 54.8 Å². The van der Waals surface area contributed by atoms with Crippen molar-refractivity contribution in [2.45, 2.75) is 6.18 Å². The number of thiazole rings is 1. The van der Waals surface area contributed by atoms with Gasteiger partial charge in [-0.1, -0.05) is 11.3 Å². The first kappa shape index (κ1) is 20.1. The summed E-state index contributed by atoms with van der Waals surface area (Å²) in [4.78, 5) is 31.7. The molecule has 148 valence electrons. The zero-order valence-electron chi connectivity index (χ0n) is 14.8. The lowest BCUT2D eigenvalue weighted by atomic mass is 10.2. The van der Waals surface area contributed by atoms with E-state index >= 15 is 0 Å². The SMILES string of the molecule is CN(C)c1nc2sc(C(=O)Nc3ccc(C(=O)NCC(F)(F)F)cc3)cc2s1. The Hall–Kier alpha value is -2.66. The van der Waals surface area contributed by atoms with E-state index in [0.717, 1.165) is 14.7 Å². The van der Waals surface area contributed by atoms with Crippen LogP contribution in [0, 0.1) is 0 Å². The highest BCUT2D eigenvalue weighted by Gasteiger charge is 2.27. The van der Waals surface area contributed by atoms with Gasteiger partial charge in [0.15, 0.2) is 5.13 Å². The highest BCUT2D eigenvalue weighted by atomic mass is 32.1. The van der Waals surface area contributed by atoms with Gasteiger partial charge in [-0.15, -0.1) is 11.3 Å². The average molecular weight is 428 g/mol. The van der Waals surface area contributed by atoms with Crippen molar-refractivity contribution in [1.29, 1.82) is 0 Å². The van der Waals surface area contributed by atoms with Gasteiger partial charge in [-0.3, -0.25) is 9.59 Å². The molecule has 0 fully saturated rings. The number of amides is 2. The van der Waals surface area contributed by atoms with Crippen LogP contribution in [0.15, 0.2) is 30.3 Å². The molecule has 2 aromatic heterocycles. The number of hydrogen-bond acceptors (Lipinski definition) is 6. The normalized spacial score (nSPS) is 11.5. The highest BCUT2D eigenvalue weighted by molar-refractivity contribution is 7.29. The van der Waals surface area contributed by atoms with Crippen molar-refractivity contribution in [1.82, 2.24) is 10.3 Å². The van der Waals surface area contributed by atoms with E-state index in [-0.39, 0.29) is 11.5 Å². The van der Waals surface area contributed by atoms with E-state index in [1.165, 1.54) is 46.9 Å². The summed E-state index contributed by atoms with van der Waals surface area (Å²) in [5.74, 6) is -1.16. The summed E-state index contributed by atoms with van der Waals surface area (Å²) in [5.41, 5.74) is 0.496. The van der Waals surface area contributed by atoms with E-state index in [0.29, 0.717) is 10.6 Å². The summed E-state index contributed by atoms with van der Waals surface area (Å²) in [5, 5.41) is 5.34. The van der Waals surface area contributed by atoms with Gasteiger partial charge in [-0.05, 0) is 30.3 Å². The molecule has 0 saturated heterocycles. The molecule has 0 atom stereocenters. The van der Waals surface area contributed by atoms with E-state index < -0.39 is 18.6 Å². The smallest absolute Gasteiger partial charge is 0.354 e. The summed E-state index contributed by atoms with van der Waals surface area (Å²) in [7, 11) is 3.78. The van der Waals surface area contributed by atoms with Gasteiger partial charge in [0.05, 0.1) is 9.58 Å². The first-order valence-electron chi connectivity index (χ1n) is 7.96. The lowest BCUT2D eigenvalue weighted by Crippen LogP contribution is -2.33. The van der Waals surface area contributed by atoms with Crippen LogP contribution >= 0.6 is 22.7 Å². The van der Waals surface area contributed by atoms with Crippen LogP contribution in [0.25, 0.3) is 9.53 Å². The van der Waals surface area contributed by atoms with Gasteiger partial charge < -0.3 is 15.5 Å². The van der Waals surface area contributed by atoms with Gasteiger partial charge in [0.2, 0.25) is 0 Å². The van der Waals surface area contributed by atoms with Gasteiger partial charge >= 0.3 is 6.18 Å². The Morgan fingerprint density at radius 3 is 2.36 bits per heavy atom. The van der Waals surface area contributed by atoms with Crippen molar-refractivity contribution in [3.05, 3.63) is 40.8 Å². The Morgan fingerprint density at radius 1 is 1.11 bits per heavy atom. The second kappa shape index (κ2) is 7.76. The Labute approximate surface area is 166 Å². The summed E-state index contributed by atoms with van der Waals surface area (Å²) < 4.78 is 37.4. The molecular weight excluding hydrogens is 413 g/mol. The van der Waals surface area contributed by atoms with Crippen molar-refractivity contribution < 1.29 is 22.8 Å². The van der Waals surface area contributed by atoms with Crippen LogP contribution in [-0.2, 0) is 0 Å². The second-order valence-corrected chi connectivity index (χ2v) is 8.04. The maximum Gasteiger partial charge on any atom is 0.405 e. The predicted octanol–water partition coefficient (Wildman–Crippen LogP) is 3.97. The molecule has 2 amide bonds. The summed E-state index contributed by atoms with van der Waals surface area (Å²) >= 11 is 2.75. The summed E-state index contributed by atoms with van der Waals surface area (Å²) in [6.45, 7) is -1.40. The maximum absolute atomic E-state index is 12.4. The molecule has 0 spiro atoms. The molecule has 0 unspecified atom stereocenters. The first-order chi connectivity index (χ1) is 13.1. The molecule has 0 aliphatic carbocycles. The minimum atomic E-state index is -4.47. The molecule has 11 heteroatoms. The number of fused-ring (bicyclic) bond motifs is 1. The number of anilines is 2. The maximum atomic E-state index is 12.4. The molecule has 2 N–H and O–H groups in total. The molecule has 0 aliphatic heterocycles. The number of halogens is 3. The molecule has 3 aromatic rings. The molecule has 1 aromatic carbocycles. The topological polar surface area (TPSA) is 74.3 Å². The molecule has 0 aliphatic rings. The Kier molecular flexibility index (Phi) is 5.57. The number of alkyl halides is 3. The fraction of sp³-hybridized carbons (Fsp3) is 0.235. The molecule has 2 heterocycles. The Balaban J connectivity index is 1.64. The standard InChI is InChI=1S/C17H15F3N4O2S2/c1-24(2)16-23-15-12(28-16)7-11(27-15)14(26)22-10-5-3-9(4-6-10)13(25)21-8-17(18,19)20/h3-7H,8H2,1-2H3,(H,21,25)(H,22,26). The molecule has 6 nitrogen and oxygen atoms in total. The molecule has 0 saturated carbocycles. The number of carbonyl (C=O) groups is 2. The van der Waals surface area contributed by atoms with Gasteiger partial charge in [0.1, 0.15) is 11.4 Å². The molecule has 3 rings (SSSR count). The van der Waals surface area contributed by atoms with E-state index in [1.54, 1.807) is 11.4 Å². The lowest BCUT2D eigenvalue weighted by molar-refractivity contribution is -0.123. The monoisotopic (exact) mass is 428 g/mol. The van der Waals surface area contributed by atoms with Crippen LogP contribution in [0.4, 0.5) is 24.0 Å². The number of hydrogen-bond donors (Lipinski definition) is 2. The number of rotatable bonds is 5. The summed E-state index contributed by atoms with van der Waals surface area (Å²) in [6.07, 6.45) is -4.47. The molecular formula is C17H15F3N4O2S2. The Bertz CT molecular complexity index is 978. The number of thiophene rings is 1. The van der Waals surface area contributed by atoms with Crippen molar-refractivity contribution in [2.75, 3.05) is 30.9 Å². The van der Waals surface area contributed by atoms with Gasteiger partial charge in [-0.2, -0.15) is 13.2 Å². The number of nitrogens with zero attached hydrogens (tertiary/aromatic N) is 2. The minimum Gasteiger partial charge on any atom is -0.354 e. The summed E-state index contributed by atoms with van der Waals surface area (Å²) in [6, 6.07) is 7.37. The van der Waals surface area contributed by atoms with Gasteiger partial charge in [-0.25, -0.2) is 4.98 Å². The second-order valence-electron chi connectivity index (χ2n) is 6.00. The van der Waals surface area contributed by atoms with Crippen molar-refractivity contribution in [3.8, 4) is 0 Å². The molecule has 28 heavy (non-hydrogen) atoms. The lowest BCUT2D eigenvalue weighted by Gasteiger charge is -2.09. The van der Waals surface area contributed by atoms with E-state index in [9.17, 15) is 22.8 Å². The third-order valence-electron chi connectivity index (χ3n) is 3.54. The highest BCUT2D eigenvalue weighted by Crippen LogP contribution is 2.34. The zero-order valence-corrected chi connectivity index (χ0v) is 16.4. The predicted molar refractivity (Wildman–Crippen MR) is 105 cm³/mol. The third kappa shape index (κ3) is 4.78. The number of carbonyl (C=O) groups excluding carboxylic acids is 2. The fourth-order valence-corrected chi connectivity index (χ4v) is 4.24. The van der Waals surface area contributed by atoms with E-state index in [1.807, 2.05) is 19.0 Å². The molecule has 0 radical (unpaired) electrons. The number of benzene rings is 1. The van der Waals surface area contributed by atoms with Crippen LogP contribution < -0.4 is 15.5 Å². The van der Waals surface area contributed by atoms with Crippen molar-refractivity contribution in [3.63, 3.8) is 0 Å². The van der Waals surface area contributed by atoms with Gasteiger partial charge in [0.25, 0.3) is 11.8 Å². The quantitative estimate of drug-likeness (QED) is 0.645. The molecule has 0 bridgehead atoms. The third-order valence-corrected chi connectivity index (χ3v) is 5.87. The first-order valence-corrected chi connectivity index (χ1v) is 9.60. The van der Waals surface area contributed by atoms with Crippen molar-refractivity contribution in [2.24, 2.45) is 0 Å². The van der Waals surface area contributed by atoms with E-state index in [4.69, 9.17) is 0 Å². The average Bonchev–Trinajstić information content (AvgIpc) is 3.19.